The van der Waals surface area contributed by atoms with Crippen molar-refractivity contribution in [1.82, 2.24) is 5.32 Å². The van der Waals surface area contributed by atoms with E-state index >= 15 is 0 Å². The van der Waals surface area contributed by atoms with Gasteiger partial charge in [0, 0.05) is 17.6 Å². The fraction of sp³-hybridized carbons (Fsp3) is 0.647. The molecule has 0 aliphatic heterocycles. The summed E-state index contributed by atoms with van der Waals surface area (Å²) in [6, 6.07) is 7.85. The Bertz CT molecular complexity index is 412. The molecule has 1 aromatic carbocycles. The van der Waals surface area contributed by atoms with Crippen molar-refractivity contribution in [3.8, 4) is 0 Å². The van der Waals surface area contributed by atoms with Gasteiger partial charge in [-0.15, -0.1) is 0 Å². The molecule has 3 nitrogen and oxygen atoms in total. The summed E-state index contributed by atoms with van der Waals surface area (Å²) in [5.74, 6) is 0.607. The number of halogens is 1. The summed E-state index contributed by atoms with van der Waals surface area (Å²) in [5, 5.41) is 14.0. The van der Waals surface area contributed by atoms with Crippen LogP contribution in [0, 0.1) is 5.92 Å². The topological polar surface area (TPSA) is 41.5 Å². The fourth-order valence-electron chi connectivity index (χ4n) is 2.32. The number of ether oxygens (including phenoxy) is 1. The molecule has 0 aliphatic carbocycles. The van der Waals surface area contributed by atoms with Gasteiger partial charge in [0.25, 0.3) is 0 Å². The maximum atomic E-state index is 9.98. The van der Waals surface area contributed by atoms with Crippen LogP contribution >= 0.6 is 11.6 Å². The largest absolute Gasteiger partial charge is 0.389 e. The Kier molecular flexibility index (Phi) is 8.27. The second-order valence-electron chi connectivity index (χ2n) is 6.08. The Balaban J connectivity index is 2.29. The van der Waals surface area contributed by atoms with Crippen LogP contribution in [0.1, 0.15) is 45.7 Å². The molecule has 4 heteroatoms. The zero-order chi connectivity index (χ0) is 15.8. The molecule has 2 N–H and O–H groups in total. The standard InChI is InChI=1S/C17H28ClNO2/c1-12(2)9-13(3)21-11-15(20)10-19-14(4)16-7-5-6-8-17(16)18/h5-8,12-15,19-20H,9-11H2,1-4H3/t13?,14-,15?/m1/s1. The minimum absolute atomic E-state index is 0.0986. The Morgan fingerprint density at radius 1 is 1.19 bits per heavy atom. The quantitative estimate of drug-likeness (QED) is 0.728. The molecule has 0 fully saturated rings. The molecule has 2 unspecified atom stereocenters. The Morgan fingerprint density at radius 2 is 1.86 bits per heavy atom. The average Bonchev–Trinajstić information content (AvgIpc) is 2.42. The van der Waals surface area contributed by atoms with E-state index in [0.717, 1.165) is 17.0 Å². The Labute approximate surface area is 133 Å². The van der Waals surface area contributed by atoms with Gasteiger partial charge < -0.3 is 15.2 Å². The van der Waals surface area contributed by atoms with Crippen LogP contribution in [0.5, 0.6) is 0 Å². The van der Waals surface area contributed by atoms with Crippen LogP contribution < -0.4 is 5.32 Å². The van der Waals surface area contributed by atoms with Crippen molar-refractivity contribution >= 4 is 11.6 Å². The van der Waals surface area contributed by atoms with Crippen LogP contribution in [0.25, 0.3) is 0 Å². The summed E-state index contributed by atoms with van der Waals surface area (Å²) in [4.78, 5) is 0. The van der Waals surface area contributed by atoms with Crippen molar-refractivity contribution in [2.24, 2.45) is 5.92 Å². The fourth-order valence-corrected chi connectivity index (χ4v) is 2.61. The molecule has 21 heavy (non-hydrogen) atoms. The number of aliphatic hydroxyl groups is 1. The number of hydrogen-bond donors (Lipinski definition) is 2. The van der Waals surface area contributed by atoms with Crippen LogP contribution in [-0.4, -0.2) is 30.5 Å². The highest BCUT2D eigenvalue weighted by molar-refractivity contribution is 6.31. The van der Waals surface area contributed by atoms with E-state index in [9.17, 15) is 5.11 Å². The van der Waals surface area contributed by atoms with Crippen LogP contribution in [0.15, 0.2) is 24.3 Å². The Hall–Kier alpha value is -0.610. The summed E-state index contributed by atoms with van der Waals surface area (Å²) in [5.41, 5.74) is 1.04. The van der Waals surface area contributed by atoms with Gasteiger partial charge in [0.2, 0.25) is 0 Å². The number of rotatable bonds is 9. The highest BCUT2D eigenvalue weighted by Crippen LogP contribution is 2.21. The maximum Gasteiger partial charge on any atom is 0.0898 e. The summed E-state index contributed by atoms with van der Waals surface area (Å²) in [6.07, 6.45) is 0.682. The molecule has 3 atom stereocenters. The van der Waals surface area contributed by atoms with Gasteiger partial charge in [-0.25, -0.2) is 0 Å². The molecule has 0 saturated carbocycles. The molecular weight excluding hydrogens is 286 g/mol. The van der Waals surface area contributed by atoms with Crippen molar-refractivity contribution in [2.75, 3.05) is 13.2 Å². The third kappa shape index (κ3) is 7.28. The Morgan fingerprint density at radius 3 is 2.48 bits per heavy atom. The molecule has 0 saturated heterocycles. The summed E-state index contributed by atoms with van der Waals surface area (Å²) in [7, 11) is 0. The first kappa shape index (κ1) is 18.4. The monoisotopic (exact) mass is 313 g/mol. The van der Waals surface area contributed by atoms with Crippen molar-refractivity contribution in [3.05, 3.63) is 34.9 Å². The van der Waals surface area contributed by atoms with Gasteiger partial charge in [-0.2, -0.15) is 0 Å². The first-order valence-electron chi connectivity index (χ1n) is 7.67. The second kappa shape index (κ2) is 9.42. The molecule has 1 aromatic rings. The molecule has 0 heterocycles. The van der Waals surface area contributed by atoms with Gasteiger partial charge in [0.15, 0.2) is 0 Å². The van der Waals surface area contributed by atoms with E-state index in [0.29, 0.717) is 19.1 Å². The van der Waals surface area contributed by atoms with Crippen LogP contribution in [-0.2, 0) is 4.74 Å². The second-order valence-corrected chi connectivity index (χ2v) is 6.49. The third-order valence-corrected chi connectivity index (χ3v) is 3.75. The van der Waals surface area contributed by atoms with Crippen molar-refractivity contribution in [1.29, 1.82) is 0 Å². The number of hydrogen-bond acceptors (Lipinski definition) is 3. The zero-order valence-electron chi connectivity index (χ0n) is 13.5. The van der Waals surface area contributed by atoms with Gasteiger partial charge in [-0.3, -0.25) is 0 Å². The molecule has 0 aromatic heterocycles. The lowest BCUT2D eigenvalue weighted by atomic mass is 10.1. The van der Waals surface area contributed by atoms with Crippen molar-refractivity contribution in [2.45, 2.75) is 52.4 Å². The molecule has 1 rings (SSSR count). The summed E-state index contributed by atoms with van der Waals surface area (Å²) < 4.78 is 5.66. The number of aliphatic hydroxyl groups excluding tert-OH is 1. The van der Waals surface area contributed by atoms with Crippen molar-refractivity contribution < 1.29 is 9.84 Å². The molecule has 0 aliphatic rings. The smallest absolute Gasteiger partial charge is 0.0898 e. The summed E-state index contributed by atoms with van der Waals surface area (Å²) >= 11 is 6.16. The first-order valence-corrected chi connectivity index (χ1v) is 8.05. The van der Waals surface area contributed by atoms with Crippen LogP contribution in [0.2, 0.25) is 5.02 Å². The van der Waals surface area contributed by atoms with Gasteiger partial charge in [0.05, 0.1) is 18.8 Å². The lowest BCUT2D eigenvalue weighted by molar-refractivity contribution is -0.00914. The predicted octanol–water partition coefficient (Wildman–Crippen LogP) is 3.80. The van der Waals surface area contributed by atoms with E-state index in [1.807, 2.05) is 38.1 Å². The highest BCUT2D eigenvalue weighted by atomic mass is 35.5. The molecular formula is C17H28ClNO2. The van der Waals surface area contributed by atoms with E-state index in [-0.39, 0.29) is 12.1 Å². The molecule has 120 valence electrons. The summed E-state index contributed by atoms with van der Waals surface area (Å²) in [6.45, 7) is 9.27. The van der Waals surface area contributed by atoms with Gasteiger partial charge >= 0.3 is 0 Å². The SMILES string of the molecule is CC(C)CC(C)OCC(O)CN[C@H](C)c1ccccc1Cl. The minimum Gasteiger partial charge on any atom is -0.389 e. The first-order chi connectivity index (χ1) is 9.90. The normalized spacial score (nSPS) is 16.0. The zero-order valence-corrected chi connectivity index (χ0v) is 14.2. The van der Waals surface area contributed by atoms with E-state index in [1.165, 1.54) is 0 Å². The third-order valence-electron chi connectivity index (χ3n) is 3.41. The van der Waals surface area contributed by atoms with Gasteiger partial charge in [-0.05, 0) is 37.8 Å². The molecule has 0 amide bonds. The molecule has 0 spiro atoms. The van der Waals surface area contributed by atoms with Crippen LogP contribution in [0.3, 0.4) is 0 Å². The lowest BCUT2D eigenvalue weighted by Crippen LogP contribution is -2.33. The van der Waals surface area contributed by atoms with Gasteiger partial charge in [0.1, 0.15) is 0 Å². The number of nitrogens with one attached hydrogen (secondary N) is 1. The maximum absolute atomic E-state index is 9.98. The van der Waals surface area contributed by atoms with E-state index in [4.69, 9.17) is 16.3 Å². The molecule has 0 radical (unpaired) electrons. The predicted molar refractivity (Wildman–Crippen MR) is 88.7 cm³/mol. The lowest BCUT2D eigenvalue weighted by Gasteiger charge is -2.20. The van der Waals surface area contributed by atoms with Crippen LogP contribution in [0.4, 0.5) is 0 Å². The molecule has 0 bridgehead atoms. The highest BCUT2D eigenvalue weighted by Gasteiger charge is 2.13. The number of benzene rings is 1. The van der Waals surface area contributed by atoms with Gasteiger partial charge in [-0.1, -0.05) is 43.6 Å². The van der Waals surface area contributed by atoms with Crippen molar-refractivity contribution in [3.63, 3.8) is 0 Å². The average molecular weight is 314 g/mol. The van der Waals surface area contributed by atoms with E-state index in [2.05, 4.69) is 19.2 Å². The minimum atomic E-state index is -0.510. The van der Waals surface area contributed by atoms with E-state index < -0.39 is 6.10 Å². The van der Waals surface area contributed by atoms with E-state index in [1.54, 1.807) is 0 Å².